The zero-order valence-corrected chi connectivity index (χ0v) is 15.4. The fraction of sp³-hybridized carbons (Fsp3) is 0.579. The van der Waals surface area contributed by atoms with Crippen LogP contribution >= 0.6 is 12.4 Å². The highest BCUT2D eigenvalue weighted by molar-refractivity contribution is 5.94. The molecule has 2 aliphatic rings. The van der Waals surface area contributed by atoms with Crippen LogP contribution in [-0.4, -0.2) is 48.9 Å². The minimum atomic E-state index is -0.0343. The van der Waals surface area contributed by atoms with Crippen LogP contribution in [0.1, 0.15) is 42.5 Å². The normalized spacial score (nSPS) is 23.4. The molecule has 2 atom stereocenters. The Hall–Kier alpha value is -1.59. The number of nitrogens with one attached hydrogen (secondary N) is 2. The average molecular weight is 366 g/mol. The van der Waals surface area contributed by atoms with Gasteiger partial charge in [0, 0.05) is 25.2 Å². The lowest BCUT2D eigenvalue weighted by atomic mass is 9.96. The van der Waals surface area contributed by atoms with Crippen LogP contribution in [0.3, 0.4) is 0 Å². The summed E-state index contributed by atoms with van der Waals surface area (Å²) in [6.07, 6.45) is 5.33. The van der Waals surface area contributed by atoms with Crippen molar-refractivity contribution in [1.29, 1.82) is 0 Å². The minimum absolute atomic E-state index is 0. The maximum atomic E-state index is 12.6. The Morgan fingerprint density at radius 3 is 2.64 bits per heavy atom. The van der Waals surface area contributed by atoms with Crippen molar-refractivity contribution >= 4 is 24.2 Å². The van der Waals surface area contributed by atoms with E-state index in [1.54, 1.807) is 0 Å². The van der Waals surface area contributed by atoms with Crippen molar-refractivity contribution in [2.24, 2.45) is 5.92 Å². The van der Waals surface area contributed by atoms with Crippen molar-refractivity contribution in [3.8, 4) is 0 Å². The molecule has 1 aromatic rings. The lowest BCUT2D eigenvalue weighted by molar-refractivity contribution is -0.135. The lowest BCUT2D eigenvalue weighted by Gasteiger charge is -2.36. The van der Waals surface area contributed by atoms with Crippen molar-refractivity contribution < 1.29 is 9.59 Å². The second kappa shape index (κ2) is 9.78. The summed E-state index contributed by atoms with van der Waals surface area (Å²) >= 11 is 0. The molecule has 25 heavy (non-hydrogen) atoms. The smallest absolute Gasteiger partial charge is 0.251 e. The summed E-state index contributed by atoms with van der Waals surface area (Å²) in [5.74, 6) is 0.556. The SMILES string of the molecule is Cl.O=C(NCC1CCCN(C(=O)C2CCCCN2)C1)c1ccccc1. The van der Waals surface area contributed by atoms with Gasteiger partial charge in [-0.1, -0.05) is 24.6 Å². The van der Waals surface area contributed by atoms with E-state index in [0.29, 0.717) is 18.0 Å². The van der Waals surface area contributed by atoms with E-state index in [0.717, 1.165) is 51.7 Å². The van der Waals surface area contributed by atoms with Gasteiger partial charge in [0.15, 0.2) is 0 Å². The highest BCUT2D eigenvalue weighted by Gasteiger charge is 2.29. The molecule has 6 heteroatoms. The predicted molar refractivity (Wildman–Crippen MR) is 101 cm³/mol. The maximum absolute atomic E-state index is 12.6. The van der Waals surface area contributed by atoms with Gasteiger partial charge >= 0.3 is 0 Å². The second-order valence-electron chi connectivity index (χ2n) is 6.87. The number of piperidine rings is 2. The second-order valence-corrected chi connectivity index (χ2v) is 6.87. The summed E-state index contributed by atoms with van der Waals surface area (Å²) in [6, 6.07) is 9.28. The first kappa shape index (κ1) is 19.7. The highest BCUT2D eigenvalue weighted by atomic mass is 35.5. The fourth-order valence-corrected chi connectivity index (χ4v) is 3.64. The number of carbonyl (C=O) groups is 2. The van der Waals surface area contributed by atoms with Gasteiger partial charge in [0.2, 0.25) is 5.91 Å². The van der Waals surface area contributed by atoms with Gasteiger partial charge in [-0.2, -0.15) is 0 Å². The van der Waals surface area contributed by atoms with Crippen LogP contribution in [0.2, 0.25) is 0 Å². The van der Waals surface area contributed by atoms with Gasteiger partial charge < -0.3 is 15.5 Å². The van der Waals surface area contributed by atoms with Gasteiger partial charge in [-0.3, -0.25) is 9.59 Å². The molecule has 2 N–H and O–H groups in total. The van der Waals surface area contributed by atoms with Crippen LogP contribution in [0.5, 0.6) is 0 Å². The number of rotatable bonds is 4. The minimum Gasteiger partial charge on any atom is -0.352 e. The highest BCUT2D eigenvalue weighted by Crippen LogP contribution is 2.19. The molecule has 0 aliphatic carbocycles. The Kier molecular flexibility index (Phi) is 7.72. The van der Waals surface area contributed by atoms with Crippen molar-refractivity contribution in [3.05, 3.63) is 35.9 Å². The number of hydrogen-bond donors (Lipinski definition) is 2. The summed E-state index contributed by atoms with van der Waals surface area (Å²) in [6.45, 7) is 3.18. The number of benzene rings is 1. The van der Waals surface area contributed by atoms with Crippen LogP contribution in [0.25, 0.3) is 0 Å². The Morgan fingerprint density at radius 2 is 1.92 bits per heavy atom. The van der Waals surface area contributed by atoms with Crippen LogP contribution in [-0.2, 0) is 4.79 Å². The Morgan fingerprint density at radius 1 is 1.12 bits per heavy atom. The van der Waals surface area contributed by atoms with E-state index < -0.39 is 0 Å². The first-order valence-electron chi connectivity index (χ1n) is 9.09. The molecule has 2 unspecified atom stereocenters. The van der Waals surface area contributed by atoms with E-state index in [1.165, 1.54) is 0 Å². The summed E-state index contributed by atoms with van der Waals surface area (Å²) < 4.78 is 0. The van der Waals surface area contributed by atoms with E-state index in [1.807, 2.05) is 35.2 Å². The topological polar surface area (TPSA) is 61.4 Å². The molecule has 3 rings (SSSR count). The zero-order chi connectivity index (χ0) is 16.8. The number of carbonyl (C=O) groups excluding carboxylic acids is 2. The number of amides is 2. The molecule has 0 aromatic heterocycles. The summed E-state index contributed by atoms with van der Waals surface area (Å²) in [5, 5.41) is 6.36. The molecule has 0 saturated carbocycles. The van der Waals surface area contributed by atoms with Crippen LogP contribution in [0.15, 0.2) is 30.3 Å². The molecule has 2 heterocycles. The number of likely N-dealkylation sites (tertiary alicyclic amines) is 1. The molecular formula is C19H28ClN3O2. The monoisotopic (exact) mass is 365 g/mol. The van der Waals surface area contributed by atoms with Gasteiger partial charge in [-0.25, -0.2) is 0 Å². The van der Waals surface area contributed by atoms with Crippen LogP contribution in [0, 0.1) is 5.92 Å². The van der Waals surface area contributed by atoms with E-state index in [4.69, 9.17) is 0 Å². The first-order valence-corrected chi connectivity index (χ1v) is 9.09. The van der Waals surface area contributed by atoms with Gasteiger partial charge in [0.1, 0.15) is 0 Å². The zero-order valence-electron chi connectivity index (χ0n) is 14.6. The van der Waals surface area contributed by atoms with Crippen molar-refractivity contribution in [3.63, 3.8) is 0 Å². The quantitative estimate of drug-likeness (QED) is 0.860. The summed E-state index contributed by atoms with van der Waals surface area (Å²) in [7, 11) is 0. The largest absolute Gasteiger partial charge is 0.352 e. The standard InChI is InChI=1S/C19H27N3O2.ClH/c23-18(16-8-2-1-3-9-16)21-13-15-7-6-12-22(14-15)19(24)17-10-4-5-11-20-17;/h1-3,8-9,15,17,20H,4-7,10-14H2,(H,21,23);1H. The van der Waals surface area contributed by atoms with E-state index in [9.17, 15) is 9.59 Å². The summed E-state index contributed by atoms with van der Waals surface area (Å²) in [5.41, 5.74) is 0.688. The van der Waals surface area contributed by atoms with E-state index in [2.05, 4.69) is 10.6 Å². The molecule has 138 valence electrons. The Labute approximate surface area is 155 Å². The van der Waals surface area contributed by atoms with E-state index in [-0.39, 0.29) is 30.3 Å². The molecule has 0 bridgehead atoms. The number of nitrogens with zero attached hydrogens (tertiary/aromatic N) is 1. The molecule has 0 radical (unpaired) electrons. The maximum Gasteiger partial charge on any atom is 0.251 e. The van der Waals surface area contributed by atoms with Gasteiger partial charge in [0.05, 0.1) is 6.04 Å². The first-order chi connectivity index (χ1) is 11.7. The van der Waals surface area contributed by atoms with Gasteiger partial charge in [-0.05, 0) is 50.3 Å². The van der Waals surface area contributed by atoms with E-state index >= 15 is 0 Å². The molecule has 2 amide bonds. The molecule has 2 fully saturated rings. The third-order valence-corrected chi connectivity index (χ3v) is 5.03. The third-order valence-electron chi connectivity index (χ3n) is 5.03. The summed E-state index contributed by atoms with van der Waals surface area (Å²) in [4.78, 5) is 26.8. The molecular weight excluding hydrogens is 338 g/mol. The fourth-order valence-electron chi connectivity index (χ4n) is 3.64. The Bertz CT molecular complexity index is 561. The number of hydrogen-bond acceptors (Lipinski definition) is 3. The predicted octanol–water partition coefficient (Wildman–Crippen LogP) is 2.22. The average Bonchev–Trinajstić information content (AvgIpc) is 2.67. The molecule has 2 saturated heterocycles. The van der Waals surface area contributed by atoms with Gasteiger partial charge in [-0.15, -0.1) is 12.4 Å². The Balaban J connectivity index is 0.00000225. The third kappa shape index (κ3) is 5.44. The molecule has 2 aliphatic heterocycles. The number of halogens is 1. The van der Waals surface area contributed by atoms with Crippen LogP contribution in [0.4, 0.5) is 0 Å². The van der Waals surface area contributed by atoms with Gasteiger partial charge in [0.25, 0.3) is 5.91 Å². The van der Waals surface area contributed by atoms with Crippen molar-refractivity contribution in [2.45, 2.75) is 38.1 Å². The van der Waals surface area contributed by atoms with Crippen LogP contribution < -0.4 is 10.6 Å². The molecule has 1 aromatic carbocycles. The lowest BCUT2D eigenvalue weighted by Crippen LogP contribution is -2.52. The molecule has 0 spiro atoms. The van der Waals surface area contributed by atoms with Crippen molar-refractivity contribution in [2.75, 3.05) is 26.2 Å². The molecule has 5 nitrogen and oxygen atoms in total. The van der Waals surface area contributed by atoms with Crippen molar-refractivity contribution in [1.82, 2.24) is 15.5 Å².